The molecule has 0 aromatic heterocycles. The SMILES string of the molecule is NC(=O)c1ccc(C(=O)O)c(CCCCCCCCCc2c(C(=O)O)ccc(C(N)=O)c2C(=O)O)c1C(=O)O. The Morgan fingerprint density at radius 3 is 1.00 bits per heavy atom. The molecule has 208 valence electrons. The third-order valence-electron chi connectivity index (χ3n) is 6.40. The summed E-state index contributed by atoms with van der Waals surface area (Å²) >= 11 is 0. The molecule has 0 spiro atoms. The normalized spacial score (nSPS) is 10.7. The molecule has 0 aliphatic heterocycles. The molecule has 0 atom stereocenters. The summed E-state index contributed by atoms with van der Waals surface area (Å²) in [6, 6.07) is 4.55. The van der Waals surface area contributed by atoms with Crippen LogP contribution in [0.1, 0.15) is 118 Å². The van der Waals surface area contributed by atoms with Gasteiger partial charge in [-0.25, -0.2) is 19.2 Å². The molecule has 8 N–H and O–H groups in total. The van der Waals surface area contributed by atoms with Crippen LogP contribution in [-0.4, -0.2) is 56.1 Å². The van der Waals surface area contributed by atoms with E-state index in [1.165, 1.54) is 12.1 Å². The van der Waals surface area contributed by atoms with Crippen LogP contribution in [0.15, 0.2) is 24.3 Å². The number of amides is 2. The molecule has 0 fully saturated rings. The molecule has 0 unspecified atom stereocenters. The van der Waals surface area contributed by atoms with Crippen molar-refractivity contribution in [2.75, 3.05) is 0 Å². The lowest BCUT2D eigenvalue weighted by molar-refractivity contribution is 0.0671. The van der Waals surface area contributed by atoms with Crippen molar-refractivity contribution in [3.05, 3.63) is 68.8 Å². The predicted molar refractivity (Wildman–Crippen MR) is 137 cm³/mol. The van der Waals surface area contributed by atoms with Crippen LogP contribution in [0.25, 0.3) is 0 Å². The minimum absolute atomic E-state index is 0.0490. The van der Waals surface area contributed by atoms with Gasteiger partial charge in [0.05, 0.1) is 33.4 Å². The van der Waals surface area contributed by atoms with Gasteiger partial charge in [0.1, 0.15) is 0 Å². The summed E-state index contributed by atoms with van der Waals surface area (Å²) in [5.74, 6) is -7.39. The molecule has 0 heterocycles. The zero-order chi connectivity index (χ0) is 29.3. The summed E-state index contributed by atoms with van der Waals surface area (Å²) in [6.07, 6.45) is 4.82. The van der Waals surface area contributed by atoms with E-state index < -0.39 is 46.8 Å². The zero-order valence-corrected chi connectivity index (χ0v) is 21.1. The van der Waals surface area contributed by atoms with E-state index in [4.69, 9.17) is 11.5 Å². The van der Waals surface area contributed by atoms with Crippen molar-refractivity contribution in [3.8, 4) is 0 Å². The van der Waals surface area contributed by atoms with E-state index in [1.807, 2.05) is 0 Å². The first kappa shape index (κ1) is 30.5. The van der Waals surface area contributed by atoms with Crippen LogP contribution < -0.4 is 11.5 Å². The van der Waals surface area contributed by atoms with Crippen LogP contribution in [0.5, 0.6) is 0 Å². The third kappa shape index (κ3) is 7.63. The van der Waals surface area contributed by atoms with E-state index in [2.05, 4.69) is 0 Å². The Bertz CT molecular complexity index is 1220. The number of unbranched alkanes of at least 4 members (excludes halogenated alkanes) is 6. The molecular formula is C27H30N2O10. The number of benzene rings is 2. The Hall–Kier alpha value is -4.74. The van der Waals surface area contributed by atoms with Crippen LogP contribution in [0, 0.1) is 0 Å². The minimum Gasteiger partial charge on any atom is -0.478 e. The van der Waals surface area contributed by atoms with Crippen molar-refractivity contribution in [1.29, 1.82) is 0 Å². The Kier molecular flexibility index (Phi) is 10.7. The van der Waals surface area contributed by atoms with Gasteiger partial charge in [-0.3, -0.25) is 9.59 Å². The van der Waals surface area contributed by atoms with Crippen LogP contribution in [0.4, 0.5) is 0 Å². The number of hydrogen-bond donors (Lipinski definition) is 6. The fraction of sp³-hybridized carbons (Fsp3) is 0.333. The molecule has 0 saturated heterocycles. The summed E-state index contributed by atoms with van der Waals surface area (Å²) in [5, 5.41) is 38.0. The lowest BCUT2D eigenvalue weighted by atomic mass is 9.91. The summed E-state index contributed by atoms with van der Waals surface area (Å²) in [4.78, 5) is 69.9. The first-order valence-corrected chi connectivity index (χ1v) is 12.2. The second-order valence-corrected chi connectivity index (χ2v) is 8.95. The Morgan fingerprint density at radius 1 is 0.462 bits per heavy atom. The number of carbonyl (C=O) groups is 6. The minimum atomic E-state index is -1.43. The van der Waals surface area contributed by atoms with Crippen molar-refractivity contribution in [2.24, 2.45) is 11.5 Å². The standard InChI is InChI=1S/C27H30N2O10/c28-22(30)18-12-10-16(24(32)33)14(20(18)26(36)37)8-6-4-2-1-3-5-7-9-15-17(25(34)35)11-13-19(23(29)31)21(15)27(38)39/h10-13H,1-9H2,(H2,28,30)(H2,29,31)(H,32,33)(H,34,35)(H,36,37)(H,38,39). The Balaban J connectivity index is 1.94. The van der Waals surface area contributed by atoms with Crippen LogP contribution in [0.3, 0.4) is 0 Å². The van der Waals surface area contributed by atoms with Gasteiger partial charge in [0.2, 0.25) is 11.8 Å². The number of nitrogens with two attached hydrogens (primary N) is 2. The van der Waals surface area contributed by atoms with Crippen molar-refractivity contribution in [3.63, 3.8) is 0 Å². The quantitative estimate of drug-likeness (QED) is 0.169. The molecule has 12 nitrogen and oxygen atoms in total. The van der Waals surface area contributed by atoms with E-state index in [1.54, 1.807) is 0 Å². The molecule has 2 aromatic rings. The third-order valence-corrected chi connectivity index (χ3v) is 6.40. The predicted octanol–water partition coefficient (Wildman–Crippen LogP) is 3.19. The van der Waals surface area contributed by atoms with Gasteiger partial charge in [-0.2, -0.15) is 0 Å². The average molecular weight is 543 g/mol. The van der Waals surface area contributed by atoms with Gasteiger partial charge in [0.25, 0.3) is 0 Å². The van der Waals surface area contributed by atoms with E-state index in [0.717, 1.165) is 31.4 Å². The molecule has 0 bridgehead atoms. The fourth-order valence-electron chi connectivity index (χ4n) is 4.60. The summed E-state index contributed by atoms with van der Waals surface area (Å²) in [5.41, 5.74) is 8.93. The van der Waals surface area contributed by atoms with Crippen LogP contribution >= 0.6 is 0 Å². The smallest absolute Gasteiger partial charge is 0.336 e. The van der Waals surface area contributed by atoms with E-state index in [-0.39, 0.29) is 46.2 Å². The highest BCUT2D eigenvalue weighted by Gasteiger charge is 2.25. The van der Waals surface area contributed by atoms with Gasteiger partial charge in [0, 0.05) is 0 Å². The van der Waals surface area contributed by atoms with Gasteiger partial charge in [-0.05, 0) is 61.1 Å². The maximum absolute atomic E-state index is 11.7. The molecule has 2 rings (SSSR count). The molecule has 0 aliphatic rings. The molecule has 2 aromatic carbocycles. The summed E-state index contributed by atoms with van der Waals surface area (Å²) in [6.45, 7) is 0. The maximum Gasteiger partial charge on any atom is 0.336 e. The molecular weight excluding hydrogens is 512 g/mol. The number of hydrogen-bond acceptors (Lipinski definition) is 6. The topological polar surface area (TPSA) is 235 Å². The van der Waals surface area contributed by atoms with Crippen molar-refractivity contribution < 1.29 is 49.2 Å². The first-order valence-electron chi connectivity index (χ1n) is 12.2. The van der Waals surface area contributed by atoms with Crippen molar-refractivity contribution in [1.82, 2.24) is 0 Å². The van der Waals surface area contributed by atoms with E-state index >= 15 is 0 Å². The molecule has 0 aliphatic carbocycles. The molecule has 39 heavy (non-hydrogen) atoms. The van der Waals surface area contributed by atoms with Crippen molar-refractivity contribution >= 4 is 35.7 Å². The van der Waals surface area contributed by atoms with Crippen molar-refractivity contribution in [2.45, 2.75) is 57.8 Å². The monoisotopic (exact) mass is 542 g/mol. The number of rotatable bonds is 16. The second-order valence-electron chi connectivity index (χ2n) is 8.95. The molecule has 0 radical (unpaired) electrons. The molecule has 12 heteroatoms. The lowest BCUT2D eigenvalue weighted by Gasteiger charge is -2.13. The average Bonchev–Trinajstić information content (AvgIpc) is 2.85. The number of carboxylic acids is 4. The van der Waals surface area contributed by atoms with Gasteiger partial charge < -0.3 is 31.9 Å². The van der Waals surface area contributed by atoms with Gasteiger partial charge >= 0.3 is 23.9 Å². The highest BCUT2D eigenvalue weighted by Crippen LogP contribution is 2.25. The largest absolute Gasteiger partial charge is 0.478 e. The number of carbonyl (C=O) groups excluding carboxylic acids is 2. The van der Waals surface area contributed by atoms with Crippen LogP contribution in [0.2, 0.25) is 0 Å². The Morgan fingerprint density at radius 2 is 0.744 bits per heavy atom. The van der Waals surface area contributed by atoms with Gasteiger partial charge in [-0.1, -0.05) is 32.1 Å². The summed E-state index contributed by atoms with van der Waals surface area (Å²) in [7, 11) is 0. The van der Waals surface area contributed by atoms with Gasteiger partial charge in [0.15, 0.2) is 0 Å². The number of carboxylic acid groups (broad SMARTS) is 4. The molecule has 0 saturated carbocycles. The second kappa shape index (κ2) is 13.7. The first-order chi connectivity index (χ1) is 18.4. The highest BCUT2D eigenvalue weighted by molar-refractivity contribution is 6.08. The highest BCUT2D eigenvalue weighted by atomic mass is 16.4. The Labute approximate surface area is 223 Å². The fourth-order valence-corrected chi connectivity index (χ4v) is 4.60. The summed E-state index contributed by atoms with van der Waals surface area (Å²) < 4.78 is 0. The van der Waals surface area contributed by atoms with Gasteiger partial charge in [-0.15, -0.1) is 0 Å². The van der Waals surface area contributed by atoms with Crippen LogP contribution in [-0.2, 0) is 12.8 Å². The lowest BCUT2D eigenvalue weighted by Crippen LogP contribution is -2.20. The maximum atomic E-state index is 11.7. The number of primary amides is 2. The zero-order valence-electron chi connectivity index (χ0n) is 21.1. The van der Waals surface area contributed by atoms with E-state index in [9.17, 15) is 49.2 Å². The number of aromatic carboxylic acids is 4. The van der Waals surface area contributed by atoms with E-state index in [0.29, 0.717) is 25.7 Å². The molecule has 2 amide bonds.